The largest absolute Gasteiger partial charge is 0.497 e. The highest BCUT2D eigenvalue weighted by molar-refractivity contribution is 5.85. The van der Waals surface area contributed by atoms with Crippen molar-refractivity contribution in [1.82, 2.24) is 4.90 Å². The minimum Gasteiger partial charge on any atom is -0.497 e. The number of ether oxygens (including phenoxy) is 1. The molecule has 0 aliphatic carbocycles. The van der Waals surface area contributed by atoms with E-state index in [1.807, 2.05) is 45.3 Å². The highest BCUT2D eigenvalue weighted by Crippen LogP contribution is 2.36. The molecule has 1 aromatic carbocycles. The molecule has 4 heteroatoms. The Morgan fingerprint density at radius 1 is 1.30 bits per heavy atom. The van der Waals surface area contributed by atoms with Crippen molar-refractivity contribution in [1.29, 1.82) is 0 Å². The molecule has 2 atom stereocenters. The summed E-state index contributed by atoms with van der Waals surface area (Å²) in [5, 5.41) is 11.1. The first-order valence-corrected chi connectivity index (χ1v) is 6.99. The lowest BCUT2D eigenvalue weighted by Gasteiger charge is -2.37. The van der Waals surface area contributed by atoms with Crippen molar-refractivity contribution < 1.29 is 9.84 Å². The maximum Gasteiger partial charge on any atom is 0.119 e. The summed E-state index contributed by atoms with van der Waals surface area (Å²) in [7, 11) is 5.75. The van der Waals surface area contributed by atoms with Crippen molar-refractivity contribution >= 4 is 12.4 Å². The first-order chi connectivity index (χ1) is 8.97. The van der Waals surface area contributed by atoms with Gasteiger partial charge in [-0.05, 0) is 44.6 Å². The SMILES string of the molecule is CC[C@H](CN(C)C)[C@](O)(CC)c1cccc(OC)c1.Cl. The van der Waals surface area contributed by atoms with Crippen LogP contribution in [0.5, 0.6) is 5.75 Å². The molecule has 0 radical (unpaired) electrons. The fourth-order valence-electron chi connectivity index (χ4n) is 2.68. The highest BCUT2D eigenvalue weighted by atomic mass is 35.5. The number of benzene rings is 1. The molecule has 0 unspecified atom stereocenters. The zero-order chi connectivity index (χ0) is 14.5. The van der Waals surface area contributed by atoms with E-state index in [1.54, 1.807) is 7.11 Å². The van der Waals surface area contributed by atoms with Crippen molar-refractivity contribution in [3.8, 4) is 5.75 Å². The summed E-state index contributed by atoms with van der Waals surface area (Å²) in [6, 6.07) is 7.79. The summed E-state index contributed by atoms with van der Waals surface area (Å²) in [5.41, 5.74) is 0.149. The molecule has 1 N–H and O–H groups in total. The van der Waals surface area contributed by atoms with E-state index in [2.05, 4.69) is 11.8 Å². The molecular weight excluding hydrogens is 274 g/mol. The first kappa shape index (κ1) is 19.2. The van der Waals surface area contributed by atoms with Gasteiger partial charge in [0.2, 0.25) is 0 Å². The smallest absolute Gasteiger partial charge is 0.119 e. The second kappa shape index (κ2) is 8.50. The Labute approximate surface area is 129 Å². The van der Waals surface area contributed by atoms with E-state index in [0.717, 1.165) is 24.3 Å². The van der Waals surface area contributed by atoms with Gasteiger partial charge < -0.3 is 14.7 Å². The lowest BCUT2D eigenvalue weighted by atomic mass is 9.77. The predicted molar refractivity (Wildman–Crippen MR) is 86.8 cm³/mol. The molecule has 3 nitrogen and oxygen atoms in total. The number of methoxy groups -OCH3 is 1. The molecule has 1 rings (SSSR count). The fraction of sp³-hybridized carbons (Fsp3) is 0.625. The topological polar surface area (TPSA) is 32.7 Å². The molecule has 0 amide bonds. The third kappa shape index (κ3) is 4.37. The number of hydrogen-bond acceptors (Lipinski definition) is 3. The maximum atomic E-state index is 11.1. The average molecular weight is 302 g/mol. The maximum absolute atomic E-state index is 11.1. The van der Waals surface area contributed by atoms with Crippen LogP contribution in [0.25, 0.3) is 0 Å². The molecule has 0 aliphatic rings. The lowest BCUT2D eigenvalue weighted by Crippen LogP contribution is -2.40. The quantitative estimate of drug-likeness (QED) is 0.839. The minimum atomic E-state index is -0.798. The highest BCUT2D eigenvalue weighted by Gasteiger charge is 2.36. The van der Waals surface area contributed by atoms with E-state index in [4.69, 9.17) is 4.74 Å². The molecule has 0 saturated carbocycles. The predicted octanol–water partition coefficient (Wildman–Crippen LogP) is 3.30. The van der Waals surface area contributed by atoms with E-state index in [1.165, 1.54) is 0 Å². The van der Waals surface area contributed by atoms with Crippen LogP contribution in [-0.4, -0.2) is 37.8 Å². The van der Waals surface area contributed by atoms with E-state index >= 15 is 0 Å². The van der Waals surface area contributed by atoms with Crippen LogP contribution in [0.4, 0.5) is 0 Å². The van der Waals surface area contributed by atoms with Crippen molar-refractivity contribution in [3.05, 3.63) is 29.8 Å². The third-order valence-electron chi connectivity index (χ3n) is 3.86. The Morgan fingerprint density at radius 3 is 2.40 bits per heavy atom. The summed E-state index contributed by atoms with van der Waals surface area (Å²) < 4.78 is 5.27. The summed E-state index contributed by atoms with van der Waals surface area (Å²) in [5.74, 6) is 1.00. The zero-order valence-electron chi connectivity index (χ0n) is 13.2. The number of rotatable bonds is 7. The molecule has 0 heterocycles. The molecule has 20 heavy (non-hydrogen) atoms. The van der Waals surface area contributed by atoms with E-state index < -0.39 is 5.60 Å². The Morgan fingerprint density at radius 2 is 1.95 bits per heavy atom. The minimum absolute atomic E-state index is 0. The summed E-state index contributed by atoms with van der Waals surface area (Å²) in [6.07, 6.45) is 1.65. The van der Waals surface area contributed by atoms with Gasteiger partial charge in [-0.25, -0.2) is 0 Å². The van der Waals surface area contributed by atoms with E-state index in [9.17, 15) is 5.11 Å². The molecule has 0 fully saturated rings. The Hall–Kier alpha value is -0.770. The van der Waals surface area contributed by atoms with Crippen molar-refractivity contribution in [3.63, 3.8) is 0 Å². The normalized spacial score (nSPS) is 15.3. The molecule has 1 aromatic rings. The Balaban J connectivity index is 0.00000361. The van der Waals surface area contributed by atoms with Crippen LogP contribution in [0.15, 0.2) is 24.3 Å². The molecule has 0 spiro atoms. The van der Waals surface area contributed by atoms with Crippen LogP contribution in [0.2, 0.25) is 0 Å². The molecule has 0 saturated heterocycles. The number of aliphatic hydroxyl groups is 1. The second-order valence-electron chi connectivity index (χ2n) is 5.38. The van der Waals surface area contributed by atoms with Crippen LogP contribution >= 0.6 is 12.4 Å². The van der Waals surface area contributed by atoms with Gasteiger partial charge in [0, 0.05) is 12.5 Å². The van der Waals surface area contributed by atoms with Gasteiger partial charge in [-0.2, -0.15) is 0 Å². The van der Waals surface area contributed by atoms with Gasteiger partial charge in [-0.1, -0.05) is 26.0 Å². The summed E-state index contributed by atoms with van der Waals surface area (Å²) in [6.45, 7) is 5.05. The van der Waals surface area contributed by atoms with Gasteiger partial charge in [0.15, 0.2) is 0 Å². The monoisotopic (exact) mass is 301 g/mol. The summed E-state index contributed by atoms with van der Waals surface area (Å²) in [4.78, 5) is 2.13. The molecule has 0 bridgehead atoms. The standard InChI is InChI=1S/C16H27NO2.ClH/c1-6-13(12-17(3)4)16(18,7-2)14-9-8-10-15(11-14)19-5;/h8-11,13,18H,6-7,12H2,1-5H3;1H/t13-,16-;/m1./s1. The summed E-state index contributed by atoms with van der Waals surface area (Å²) >= 11 is 0. The molecule has 0 aliphatic heterocycles. The van der Waals surface area contributed by atoms with Crippen molar-refractivity contribution in [2.75, 3.05) is 27.7 Å². The van der Waals surface area contributed by atoms with Gasteiger partial charge in [-0.3, -0.25) is 0 Å². The van der Waals surface area contributed by atoms with Crippen LogP contribution in [-0.2, 0) is 5.60 Å². The van der Waals surface area contributed by atoms with Gasteiger partial charge in [0.1, 0.15) is 5.75 Å². The first-order valence-electron chi connectivity index (χ1n) is 6.99. The van der Waals surface area contributed by atoms with Crippen molar-refractivity contribution in [2.45, 2.75) is 32.3 Å². The average Bonchev–Trinajstić information content (AvgIpc) is 2.43. The Kier molecular flexibility index (Phi) is 8.17. The van der Waals surface area contributed by atoms with Gasteiger partial charge in [0.05, 0.1) is 12.7 Å². The Bertz CT molecular complexity index is 398. The molecule has 116 valence electrons. The van der Waals surface area contributed by atoms with Crippen LogP contribution in [0, 0.1) is 5.92 Å². The van der Waals surface area contributed by atoms with Crippen LogP contribution < -0.4 is 4.74 Å². The zero-order valence-corrected chi connectivity index (χ0v) is 14.0. The second-order valence-corrected chi connectivity index (χ2v) is 5.38. The van der Waals surface area contributed by atoms with E-state index in [-0.39, 0.29) is 18.3 Å². The fourth-order valence-corrected chi connectivity index (χ4v) is 2.68. The van der Waals surface area contributed by atoms with Gasteiger partial charge in [0.25, 0.3) is 0 Å². The van der Waals surface area contributed by atoms with Crippen LogP contribution in [0.3, 0.4) is 0 Å². The van der Waals surface area contributed by atoms with Gasteiger partial charge in [-0.15, -0.1) is 12.4 Å². The molecule has 0 aromatic heterocycles. The third-order valence-corrected chi connectivity index (χ3v) is 3.86. The van der Waals surface area contributed by atoms with Gasteiger partial charge >= 0.3 is 0 Å². The van der Waals surface area contributed by atoms with E-state index in [0.29, 0.717) is 6.42 Å². The lowest BCUT2D eigenvalue weighted by molar-refractivity contribution is -0.0382. The number of halogens is 1. The number of nitrogens with zero attached hydrogens (tertiary/aromatic N) is 1. The van der Waals surface area contributed by atoms with Crippen molar-refractivity contribution in [2.24, 2.45) is 5.92 Å². The number of hydrogen-bond donors (Lipinski definition) is 1. The van der Waals surface area contributed by atoms with Crippen LogP contribution in [0.1, 0.15) is 32.3 Å². The molecular formula is C16H28ClNO2.